The van der Waals surface area contributed by atoms with Crippen molar-refractivity contribution in [2.45, 2.75) is 56.9 Å². The van der Waals surface area contributed by atoms with Crippen molar-refractivity contribution >= 4 is 0 Å². The average Bonchev–Trinajstić information content (AvgIpc) is 3.31. The van der Waals surface area contributed by atoms with Crippen molar-refractivity contribution in [2.24, 2.45) is 35.3 Å². The van der Waals surface area contributed by atoms with Crippen molar-refractivity contribution in [2.75, 3.05) is 13.1 Å². The van der Waals surface area contributed by atoms with E-state index in [-0.39, 0.29) is 0 Å². The van der Waals surface area contributed by atoms with Crippen LogP contribution < -0.4 is 11.1 Å². The minimum atomic E-state index is 0.338. The van der Waals surface area contributed by atoms with Crippen molar-refractivity contribution in [1.29, 1.82) is 0 Å². The first-order valence-corrected chi connectivity index (χ1v) is 8.26. The van der Waals surface area contributed by atoms with Crippen molar-refractivity contribution < 1.29 is 0 Å². The molecule has 4 aliphatic carbocycles. The molecule has 2 nitrogen and oxygen atoms in total. The topological polar surface area (TPSA) is 38.0 Å². The predicted molar refractivity (Wildman–Crippen MR) is 74.2 cm³/mol. The van der Waals surface area contributed by atoms with Gasteiger partial charge >= 0.3 is 0 Å². The van der Waals surface area contributed by atoms with E-state index in [1.54, 1.807) is 0 Å². The van der Waals surface area contributed by atoms with Crippen LogP contribution in [0.1, 0.15) is 51.4 Å². The molecule has 0 aromatic carbocycles. The maximum atomic E-state index is 6.16. The predicted octanol–water partition coefficient (Wildman–Crippen LogP) is 2.53. The number of nitrogens with one attached hydrogen (secondary N) is 1. The third-order valence-corrected chi connectivity index (χ3v) is 6.48. The molecule has 4 saturated carbocycles. The van der Waals surface area contributed by atoms with Crippen LogP contribution in [0.25, 0.3) is 0 Å². The van der Waals surface area contributed by atoms with Crippen LogP contribution in [0.4, 0.5) is 0 Å². The van der Waals surface area contributed by atoms with Crippen LogP contribution in [0.3, 0.4) is 0 Å². The molecule has 0 amide bonds. The summed E-state index contributed by atoms with van der Waals surface area (Å²) in [5, 5.41) is 3.99. The van der Waals surface area contributed by atoms with E-state index >= 15 is 0 Å². The first-order chi connectivity index (χ1) is 8.81. The van der Waals surface area contributed by atoms with Crippen LogP contribution in [0, 0.1) is 29.6 Å². The molecule has 0 radical (unpaired) electrons. The van der Waals surface area contributed by atoms with Gasteiger partial charge in [0.15, 0.2) is 0 Å². The van der Waals surface area contributed by atoms with Gasteiger partial charge in [-0.3, -0.25) is 0 Å². The molecule has 4 rings (SSSR count). The van der Waals surface area contributed by atoms with Crippen LogP contribution in [0.2, 0.25) is 0 Å². The molecule has 0 heterocycles. The van der Waals surface area contributed by atoms with Crippen LogP contribution in [-0.4, -0.2) is 18.6 Å². The summed E-state index contributed by atoms with van der Waals surface area (Å²) in [6.45, 7) is 2.14. The zero-order chi connectivity index (χ0) is 12.2. The number of rotatable bonds is 6. The fourth-order valence-electron chi connectivity index (χ4n) is 5.07. The quantitative estimate of drug-likeness (QED) is 0.758. The smallest absolute Gasteiger partial charge is 0.0335 e. The van der Waals surface area contributed by atoms with Gasteiger partial charge in [0.1, 0.15) is 0 Å². The maximum absolute atomic E-state index is 6.16. The van der Waals surface area contributed by atoms with Gasteiger partial charge in [0.05, 0.1) is 0 Å². The summed E-state index contributed by atoms with van der Waals surface area (Å²) in [5.41, 5.74) is 6.50. The lowest BCUT2D eigenvalue weighted by molar-refractivity contribution is 0.195. The molecule has 102 valence electrons. The van der Waals surface area contributed by atoms with Crippen LogP contribution >= 0.6 is 0 Å². The summed E-state index contributed by atoms with van der Waals surface area (Å²) in [6.07, 6.45) is 11.8. The Balaban J connectivity index is 1.40. The Labute approximate surface area is 111 Å². The Morgan fingerprint density at radius 1 is 1.06 bits per heavy atom. The van der Waals surface area contributed by atoms with E-state index in [2.05, 4.69) is 5.32 Å². The van der Waals surface area contributed by atoms with Gasteiger partial charge in [-0.2, -0.15) is 0 Å². The Kier molecular flexibility index (Phi) is 2.74. The third kappa shape index (κ3) is 1.92. The number of hydrogen-bond donors (Lipinski definition) is 2. The molecule has 4 fully saturated rings. The average molecular weight is 248 g/mol. The maximum Gasteiger partial charge on any atom is 0.0335 e. The Bertz CT molecular complexity index is 309. The molecule has 0 aromatic heterocycles. The van der Waals surface area contributed by atoms with Crippen LogP contribution in [-0.2, 0) is 0 Å². The van der Waals surface area contributed by atoms with Gasteiger partial charge in [-0.1, -0.05) is 6.42 Å². The fourth-order valence-corrected chi connectivity index (χ4v) is 5.07. The molecule has 2 bridgehead atoms. The summed E-state index contributed by atoms with van der Waals surface area (Å²) in [6, 6.07) is 0. The van der Waals surface area contributed by atoms with E-state index < -0.39 is 0 Å². The highest BCUT2D eigenvalue weighted by Gasteiger charge is 2.51. The minimum Gasteiger partial charge on any atom is -0.329 e. The molecule has 0 spiro atoms. The zero-order valence-electron chi connectivity index (χ0n) is 11.5. The van der Waals surface area contributed by atoms with Crippen molar-refractivity contribution in [1.82, 2.24) is 5.32 Å². The Hall–Kier alpha value is -0.0800. The standard InChI is InChI=1S/C16H28N2/c17-10-16(8-11-1-6-14(16)7-11)18-9-15(12-2-3-12)13-4-5-13/h11-15,18H,1-10,17H2. The van der Waals surface area contributed by atoms with E-state index in [4.69, 9.17) is 5.73 Å². The molecule has 0 aromatic rings. The van der Waals surface area contributed by atoms with Crippen LogP contribution in [0.5, 0.6) is 0 Å². The Morgan fingerprint density at radius 3 is 2.22 bits per heavy atom. The second-order valence-corrected chi connectivity index (χ2v) is 7.66. The molecule has 4 aliphatic rings. The van der Waals surface area contributed by atoms with Crippen LogP contribution in [0.15, 0.2) is 0 Å². The molecule has 3 atom stereocenters. The van der Waals surface area contributed by atoms with Gasteiger partial charge in [0.2, 0.25) is 0 Å². The van der Waals surface area contributed by atoms with Gasteiger partial charge < -0.3 is 11.1 Å². The molecule has 2 heteroatoms. The molecular weight excluding hydrogens is 220 g/mol. The molecule has 0 aliphatic heterocycles. The Morgan fingerprint density at radius 2 is 1.78 bits per heavy atom. The summed E-state index contributed by atoms with van der Waals surface area (Å²) in [5.74, 6) is 5.02. The van der Waals surface area contributed by atoms with Gasteiger partial charge in [0, 0.05) is 12.1 Å². The van der Waals surface area contributed by atoms with Crippen molar-refractivity contribution in [3.05, 3.63) is 0 Å². The first-order valence-electron chi connectivity index (χ1n) is 8.26. The van der Waals surface area contributed by atoms with E-state index in [9.17, 15) is 0 Å². The van der Waals surface area contributed by atoms with Crippen molar-refractivity contribution in [3.63, 3.8) is 0 Å². The van der Waals surface area contributed by atoms with Crippen molar-refractivity contribution in [3.8, 4) is 0 Å². The highest BCUT2D eigenvalue weighted by atomic mass is 15.0. The molecule has 3 unspecified atom stereocenters. The highest BCUT2D eigenvalue weighted by molar-refractivity contribution is 5.08. The second kappa shape index (κ2) is 4.21. The summed E-state index contributed by atoms with van der Waals surface area (Å²) in [7, 11) is 0. The SMILES string of the molecule is NCC1(NCC(C2CC2)C2CC2)CC2CCC1C2. The lowest BCUT2D eigenvalue weighted by atomic mass is 9.80. The molecular formula is C16H28N2. The van der Waals surface area contributed by atoms with E-state index in [0.29, 0.717) is 5.54 Å². The largest absolute Gasteiger partial charge is 0.329 e. The summed E-state index contributed by atoms with van der Waals surface area (Å²) in [4.78, 5) is 0. The molecule has 0 saturated heterocycles. The highest BCUT2D eigenvalue weighted by Crippen LogP contribution is 2.52. The normalized spacial score (nSPS) is 43.0. The van der Waals surface area contributed by atoms with E-state index in [1.807, 2.05) is 0 Å². The lowest BCUT2D eigenvalue weighted by Gasteiger charge is -2.39. The number of nitrogens with two attached hydrogens (primary N) is 1. The monoisotopic (exact) mass is 248 g/mol. The third-order valence-electron chi connectivity index (χ3n) is 6.48. The van der Waals surface area contributed by atoms with Gasteiger partial charge in [-0.15, -0.1) is 0 Å². The minimum absolute atomic E-state index is 0.338. The number of hydrogen-bond acceptors (Lipinski definition) is 2. The fraction of sp³-hybridized carbons (Fsp3) is 1.00. The zero-order valence-corrected chi connectivity index (χ0v) is 11.5. The van der Waals surface area contributed by atoms with Gasteiger partial charge in [-0.05, 0) is 81.1 Å². The lowest BCUT2D eigenvalue weighted by Crippen LogP contribution is -2.56. The van der Waals surface area contributed by atoms with E-state index in [1.165, 1.54) is 57.9 Å². The molecule has 3 N–H and O–H groups in total. The summed E-state index contributed by atoms with van der Waals surface area (Å²) >= 11 is 0. The van der Waals surface area contributed by atoms with Gasteiger partial charge in [-0.25, -0.2) is 0 Å². The van der Waals surface area contributed by atoms with Gasteiger partial charge in [0.25, 0.3) is 0 Å². The molecule has 18 heavy (non-hydrogen) atoms. The first kappa shape index (κ1) is 11.7. The number of fused-ring (bicyclic) bond motifs is 2. The van der Waals surface area contributed by atoms with E-state index in [0.717, 1.165) is 36.1 Å². The second-order valence-electron chi connectivity index (χ2n) is 7.66. The summed E-state index contributed by atoms with van der Waals surface area (Å²) < 4.78 is 0.